The van der Waals surface area contributed by atoms with Crippen molar-refractivity contribution in [3.63, 3.8) is 0 Å². The summed E-state index contributed by atoms with van der Waals surface area (Å²) in [7, 11) is 1.62. The Balaban J connectivity index is 1.63. The summed E-state index contributed by atoms with van der Waals surface area (Å²) in [6.45, 7) is 4.97. The lowest BCUT2D eigenvalue weighted by atomic mass is 9.75. The first-order valence-corrected chi connectivity index (χ1v) is 11.0. The van der Waals surface area contributed by atoms with Crippen LogP contribution in [-0.4, -0.2) is 53.0 Å². The SMILES string of the molecule is CCOC(=O)[C@]1(Cc2cccc(OC)c2)CCCN(C(=O)c2cn3cccc(C)c3n2)C1. The second-order valence-corrected chi connectivity index (χ2v) is 8.41. The summed E-state index contributed by atoms with van der Waals surface area (Å²) in [5.41, 5.74) is 2.34. The molecule has 1 saturated heterocycles. The van der Waals surface area contributed by atoms with Gasteiger partial charge in [0.15, 0.2) is 0 Å². The zero-order valence-electron chi connectivity index (χ0n) is 18.8. The number of nitrogens with zero attached hydrogens (tertiary/aromatic N) is 3. The third kappa shape index (κ3) is 4.20. The van der Waals surface area contributed by atoms with Gasteiger partial charge in [0.2, 0.25) is 0 Å². The monoisotopic (exact) mass is 435 g/mol. The van der Waals surface area contributed by atoms with Gasteiger partial charge in [-0.2, -0.15) is 0 Å². The molecule has 4 rings (SSSR count). The van der Waals surface area contributed by atoms with Crippen molar-refractivity contribution in [3.05, 3.63) is 65.6 Å². The minimum atomic E-state index is -0.800. The van der Waals surface area contributed by atoms with Gasteiger partial charge in [0.05, 0.1) is 19.1 Å². The number of piperidine rings is 1. The van der Waals surface area contributed by atoms with Crippen LogP contribution in [0, 0.1) is 12.3 Å². The smallest absolute Gasteiger partial charge is 0.314 e. The van der Waals surface area contributed by atoms with Crippen molar-refractivity contribution in [1.82, 2.24) is 14.3 Å². The van der Waals surface area contributed by atoms with Crippen LogP contribution in [0.2, 0.25) is 0 Å². The zero-order chi connectivity index (χ0) is 22.7. The average Bonchev–Trinajstić information content (AvgIpc) is 3.25. The Bertz CT molecular complexity index is 1140. The van der Waals surface area contributed by atoms with Crippen LogP contribution in [0.25, 0.3) is 5.65 Å². The maximum atomic E-state index is 13.4. The molecular formula is C25H29N3O4. The van der Waals surface area contributed by atoms with Crippen molar-refractivity contribution in [3.8, 4) is 5.75 Å². The highest BCUT2D eigenvalue weighted by molar-refractivity contribution is 5.93. The zero-order valence-corrected chi connectivity index (χ0v) is 18.8. The number of imidazole rings is 1. The highest BCUT2D eigenvalue weighted by Crippen LogP contribution is 2.36. The molecule has 0 saturated carbocycles. The number of aryl methyl sites for hydroxylation is 1. The maximum absolute atomic E-state index is 13.4. The lowest BCUT2D eigenvalue weighted by Gasteiger charge is -2.41. The first-order valence-electron chi connectivity index (χ1n) is 11.0. The summed E-state index contributed by atoms with van der Waals surface area (Å²) in [6, 6.07) is 11.6. The molecule has 3 aromatic rings. The molecule has 1 atom stereocenters. The van der Waals surface area contributed by atoms with E-state index in [0.29, 0.717) is 38.2 Å². The summed E-state index contributed by atoms with van der Waals surface area (Å²) >= 11 is 0. The number of aromatic nitrogens is 2. The van der Waals surface area contributed by atoms with Gasteiger partial charge in [-0.1, -0.05) is 18.2 Å². The minimum Gasteiger partial charge on any atom is -0.497 e. The van der Waals surface area contributed by atoms with Gasteiger partial charge in [-0.05, 0) is 62.4 Å². The lowest BCUT2D eigenvalue weighted by molar-refractivity contribution is -0.158. The summed E-state index contributed by atoms with van der Waals surface area (Å²) in [6.07, 6.45) is 5.51. The second-order valence-electron chi connectivity index (χ2n) is 8.41. The number of carbonyl (C=O) groups is 2. The molecule has 0 aliphatic carbocycles. The molecule has 2 aromatic heterocycles. The number of hydrogen-bond donors (Lipinski definition) is 0. The fourth-order valence-electron chi connectivity index (χ4n) is 4.56. The summed E-state index contributed by atoms with van der Waals surface area (Å²) in [5, 5.41) is 0. The number of benzene rings is 1. The Morgan fingerprint density at radius 3 is 2.81 bits per heavy atom. The fraction of sp³-hybridized carbons (Fsp3) is 0.400. The number of methoxy groups -OCH3 is 1. The number of esters is 1. The van der Waals surface area contributed by atoms with Gasteiger partial charge >= 0.3 is 5.97 Å². The van der Waals surface area contributed by atoms with Crippen LogP contribution in [0.5, 0.6) is 5.75 Å². The van der Waals surface area contributed by atoms with E-state index in [0.717, 1.165) is 28.9 Å². The second kappa shape index (κ2) is 9.02. The van der Waals surface area contributed by atoms with Crippen LogP contribution >= 0.6 is 0 Å². The molecule has 1 aliphatic rings. The molecular weight excluding hydrogens is 406 g/mol. The maximum Gasteiger partial charge on any atom is 0.314 e. The van der Waals surface area contributed by atoms with Gasteiger partial charge in [-0.15, -0.1) is 0 Å². The molecule has 7 heteroatoms. The first-order chi connectivity index (χ1) is 15.5. The van der Waals surface area contributed by atoms with E-state index in [1.165, 1.54) is 0 Å². The van der Waals surface area contributed by atoms with Crippen molar-refractivity contribution in [2.45, 2.75) is 33.1 Å². The van der Waals surface area contributed by atoms with E-state index in [1.54, 1.807) is 18.2 Å². The van der Waals surface area contributed by atoms with E-state index < -0.39 is 5.41 Å². The normalized spacial score (nSPS) is 18.5. The highest BCUT2D eigenvalue weighted by Gasteiger charge is 2.45. The lowest BCUT2D eigenvalue weighted by Crippen LogP contribution is -2.51. The van der Waals surface area contributed by atoms with Crippen molar-refractivity contribution < 1.29 is 19.1 Å². The van der Waals surface area contributed by atoms with E-state index in [4.69, 9.17) is 9.47 Å². The number of amides is 1. The van der Waals surface area contributed by atoms with E-state index in [1.807, 2.05) is 60.8 Å². The van der Waals surface area contributed by atoms with Crippen molar-refractivity contribution in [2.24, 2.45) is 5.41 Å². The first kappa shape index (κ1) is 21.9. The van der Waals surface area contributed by atoms with Crippen LogP contribution in [0.1, 0.15) is 41.4 Å². The van der Waals surface area contributed by atoms with E-state index in [2.05, 4.69) is 4.98 Å². The molecule has 7 nitrogen and oxygen atoms in total. The Hall–Kier alpha value is -3.35. The van der Waals surface area contributed by atoms with Crippen molar-refractivity contribution >= 4 is 17.5 Å². The Kier molecular flexibility index (Phi) is 6.17. The van der Waals surface area contributed by atoms with Crippen molar-refractivity contribution in [2.75, 3.05) is 26.8 Å². The predicted octanol–water partition coefficient (Wildman–Crippen LogP) is 3.68. The van der Waals surface area contributed by atoms with Crippen LogP contribution in [-0.2, 0) is 16.0 Å². The molecule has 0 bridgehead atoms. The third-order valence-electron chi connectivity index (χ3n) is 6.15. The molecule has 32 heavy (non-hydrogen) atoms. The van der Waals surface area contributed by atoms with Crippen LogP contribution in [0.15, 0.2) is 48.8 Å². The highest BCUT2D eigenvalue weighted by atomic mass is 16.5. The standard InChI is InChI=1S/C25H29N3O4/c1-4-32-24(30)25(15-19-9-5-10-20(14-19)31-3)11-7-13-28(17-25)23(29)21-16-27-12-6-8-18(2)22(27)26-21/h5-6,8-10,12,14,16H,4,7,11,13,15,17H2,1-3H3/t25-/m0/s1. The molecule has 1 amide bonds. The number of likely N-dealkylation sites (tertiary alicyclic amines) is 1. The Labute approximate surface area is 188 Å². The minimum absolute atomic E-state index is 0.160. The number of fused-ring (bicyclic) bond motifs is 1. The molecule has 168 valence electrons. The number of ether oxygens (including phenoxy) is 2. The summed E-state index contributed by atoms with van der Waals surface area (Å²) in [4.78, 5) is 32.8. The van der Waals surface area contributed by atoms with Gasteiger partial charge in [0.25, 0.3) is 5.91 Å². The average molecular weight is 436 g/mol. The molecule has 1 fully saturated rings. The number of rotatable bonds is 6. The molecule has 0 N–H and O–H groups in total. The molecule has 0 spiro atoms. The molecule has 0 radical (unpaired) electrons. The third-order valence-corrected chi connectivity index (χ3v) is 6.15. The van der Waals surface area contributed by atoms with Crippen LogP contribution in [0.4, 0.5) is 0 Å². The topological polar surface area (TPSA) is 73.1 Å². The van der Waals surface area contributed by atoms with Gasteiger partial charge in [0.1, 0.15) is 17.1 Å². The Morgan fingerprint density at radius 1 is 1.22 bits per heavy atom. The number of carbonyl (C=O) groups excluding carboxylic acids is 2. The summed E-state index contributed by atoms with van der Waals surface area (Å²) in [5.74, 6) is 0.323. The van der Waals surface area contributed by atoms with Crippen LogP contribution in [0.3, 0.4) is 0 Å². The molecule has 3 heterocycles. The van der Waals surface area contributed by atoms with Crippen molar-refractivity contribution in [1.29, 1.82) is 0 Å². The molecule has 1 aromatic carbocycles. The van der Waals surface area contributed by atoms with Gasteiger partial charge in [0, 0.05) is 25.5 Å². The Morgan fingerprint density at radius 2 is 2.06 bits per heavy atom. The van der Waals surface area contributed by atoms with Crippen LogP contribution < -0.4 is 4.74 Å². The van der Waals surface area contributed by atoms with E-state index in [-0.39, 0.29) is 11.9 Å². The van der Waals surface area contributed by atoms with Gasteiger partial charge < -0.3 is 18.8 Å². The van der Waals surface area contributed by atoms with E-state index in [9.17, 15) is 9.59 Å². The molecule has 0 unspecified atom stereocenters. The fourth-order valence-corrected chi connectivity index (χ4v) is 4.56. The predicted molar refractivity (Wildman–Crippen MR) is 121 cm³/mol. The summed E-state index contributed by atoms with van der Waals surface area (Å²) < 4.78 is 12.7. The van der Waals surface area contributed by atoms with Gasteiger partial charge in [-0.3, -0.25) is 9.59 Å². The molecule has 1 aliphatic heterocycles. The van der Waals surface area contributed by atoms with Gasteiger partial charge in [-0.25, -0.2) is 4.98 Å². The quantitative estimate of drug-likeness (QED) is 0.552. The largest absolute Gasteiger partial charge is 0.497 e. The van der Waals surface area contributed by atoms with E-state index >= 15 is 0 Å². The number of hydrogen-bond acceptors (Lipinski definition) is 5. The number of pyridine rings is 1.